The number of hydrogen-bond donors (Lipinski definition) is 1. The van der Waals surface area contributed by atoms with Gasteiger partial charge in [-0.25, -0.2) is 4.79 Å². The number of anilines is 1. The fourth-order valence-corrected chi connectivity index (χ4v) is 2.03. The largest absolute Gasteiger partial charge is 0.452 e. The van der Waals surface area contributed by atoms with Crippen LogP contribution in [0.2, 0.25) is 5.02 Å². The molecule has 0 unspecified atom stereocenters. The summed E-state index contributed by atoms with van der Waals surface area (Å²) in [4.78, 5) is 23.7. The van der Waals surface area contributed by atoms with Crippen molar-refractivity contribution in [3.05, 3.63) is 64.2 Å². The molecule has 0 fully saturated rings. The van der Waals surface area contributed by atoms with E-state index in [4.69, 9.17) is 21.6 Å². The van der Waals surface area contributed by atoms with E-state index in [0.29, 0.717) is 16.3 Å². The van der Waals surface area contributed by atoms with Crippen molar-refractivity contribution in [2.45, 2.75) is 6.92 Å². The van der Waals surface area contributed by atoms with Gasteiger partial charge in [0.25, 0.3) is 5.91 Å². The predicted octanol–water partition coefficient (Wildman–Crippen LogP) is 3.32. The van der Waals surface area contributed by atoms with Crippen molar-refractivity contribution in [1.29, 1.82) is 5.26 Å². The number of esters is 1. The number of carbonyl (C=O) groups excluding carboxylic acids is 2. The van der Waals surface area contributed by atoms with Crippen LogP contribution in [0.25, 0.3) is 0 Å². The van der Waals surface area contributed by atoms with Crippen molar-refractivity contribution < 1.29 is 14.3 Å². The highest BCUT2D eigenvalue weighted by molar-refractivity contribution is 6.31. The average Bonchev–Trinajstić information content (AvgIpc) is 2.57. The molecule has 1 amide bonds. The Morgan fingerprint density at radius 2 is 2.00 bits per heavy atom. The van der Waals surface area contributed by atoms with E-state index in [1.807, 2.05) is 6.07 Å². The summed E-state index contributed by atoms with van der Waals surface area (Å²) in [5, 5.41) is 12.0. The van der Waals surface area contributed by atoms with Crippen LogP contribution < -0.4 is 5.32 Å². The molecule has 2 rings (SSSR count). The Morgan fingerprint density at radius 1 is 1.26 bits per heavy atom. The minimum atomic E-state index is -0.667. The van der Waals surface area contributed by atoms with E-state index < -0.39 is 18.5 Å². The molecule has 0 aliphatic carbocycles. The maximum absolute atomic E-state index is 11.9. The Hall–Kier alpha value is -2.84. The molecular formula is C17H13ClN2O3. The summed E-state index contributed by atoms with van der Waals surface area (Å²) in [5.41, 5.74) is 1.86. The first-order valence-electron chi connectivity index (χ1n) is 6.73. The molecule has 6 heteroatoms. The van der Waals surface area contributed by atoms with Crippen LogP contribution in [-0.2, 0) is 9.53 Å². The molecule has 1 N–H and O–H groups in total. The van der Waals surface area contributed by atoms with Gasteiger partial charge < -0.3 is 10.1 Å². The van der Waals surface area contributed by atoms with Gasteiger partial charge in [-0.15, -0.1) is 0 Å². The molecule has 0 saturated heterocycles. The first-order chi connectivity index (χ1) is 11.0. The molecule has 0 heterocycles. The normalized spacial score (nSPS) is 9.78. The van der Waals surface area contributed by atoms with E-state index in [1.165, 1.54) is 12.1 Å². The maximum atomic E-state index is 11.9. The molecule has 0 aliphatic rings. The van der Waals surface area contributed by atoms with Crippen molar-refractivity contribution >= 4 is 29.2 Å². The highest BCUT2D eigenvalue weighted by Gasteiger charge is 2.12. The Labute approximate surface area is 138 Å². The number of rotatable bonds is 4. The molecule has 5 nitrogen and oxygen atoms in total. The van der Waals surface area contributed by atoms with Crippen LogP contribution in [0, 0.1) is 18.3 Å². The van der Waals surface area contributed by atoms with E-state index >= 15 is 0 Å². The zero-order chi connectivity index (χ0) is 16.8. The summed E-state index contributed by atoms with van der Waals surface area (Å²) in [6.45, 7) is 1.35. The number of halogens is 1. The minimum absolute atomic E-state index is 0.218. The van der Waals surface area contributed by atoms with Gasteiger partial charge >= 0.3 is 5.97 Å². The van der Waals surface area contributed by atoms with Crippen LogP contribution in [0.4, 0.5) is 5.69 Å². The quantitative estimate of drug-likeness (QED) is 0.873. The lowest BCUT2D eigenvalue weighted by Gasteiger charge is -2.10. The predicted molar refractivity (Wildman–Crippen MR) is 86.3 cm³/mol. The van der Waals surface area contributed by atoms with Crippen LogP contribution in [0.15, 0.2) is 42.5 Å². The standard InChI is InChI=1S/C17H13ClN2O3/c1-11-14(18)6-3-7-15(11)20-16(21)10-23-17(22)13-5-2-4-12(8-13)9-19/h2-8H,10H2,1H3,(H,20,21). The summed E-state index contributed by atoms with van der Waals surface area (Å²) >= 11 is 5.97. The number of amides is 1. The molecule has 0 saturated carbocycles. The second-order valence-electron chi connectivity index (χ2n) is 4.73. The highest BCUT2D eigenvalue weighted by Crippen LogP contribution is 2.22. The monoisotopic (exact) mass is 328 g/mol. The lowest BCUT2D eigenvalue weighted by molar-refractivity contribution is -0.119. The number of nitrogens with one attached hydrogen (secondary N) is 1. The molecule has 2 aromatic rings. The van der Waals surface area contributed by atoms with Gasteiger partial charge in [0.2, 0.25) is 0 Å². The fourth-order valence-electron chi connectivity index (χ4n) is 1.86. The highest BCUT2D eigenvalue weighted by atomic mass is 35.5. The lowest BCUT2D eigenvalue weighted by Crippen LogP contribution is -2.21. The Bertz CT molecular complexity index is 797. The second-order valence-corrected chi connectivity index (χ2v) is 5.14. The topological polar surface area (TPSA) is 79.2 Å². The molecule has 23 heavy (non-hydrogen) atoms. The van der Waals surface area contributed by atoms with Crippen molar-refractivity contribution in [2.24, 2.45) is 0 Å². The van der Waals surface area contributed by atoms with Gasteiger partial charge in [0.1, 0.15) is 0 Å². The van der Waals surface area contributed by atoms with Crippen molar-refractivity contribution in [2.75, 3.05) is 11.9 Å². The van der Waals surface area contributed by atoms with E-state index in [-0.39, 0.29) is 5.56 Å². The summed E-state index contributed by atoms with van der Waals surface area (Å²) in [5.74, 6) is -1.14. The average molecular weight is 329 g/mol. The minimum Gasteiger partial charge on any atom is -0.452 e. The van der Waals surface area contributed by atoms with Crippen LogP contribution in [0.1, 0.15) is 21.5 Å². The Balaban J connectivity index is 1.95. The lowest BCUT2D eigenvalue weighted by atomic mass is 10.1. The summed E-state index contributed by atoms with van der Waals surface area (Å²) in [7, 11) is 0. The molecule has 116 valence electrons. The maximum Gasteiger partial charge on any atom is 0.338 e. The van der Waals surface area contributed by atoms with Crippen molar-refractivity contribution in [1.82, 2.24) is 0 Å². The first kappa shape index (κ1) is 16.5. The van der Waals surface area contributed by atoms with E-state index in [9.17, 15) is 9.59 Å². The summed E-state index contributed by atoms with van der Waals surface area (Å²) in [6.07, 6.45) is 0. The summed E-state index contributed by atoms with van der Waals surface area (Å²) < 4.78 is 4.94. The van der Waals surface area contributed by atoms with E-state index in [0.717, 1.165) is 5.56 Å². The number of ether oxygens (including phenoxy) is 1. The van der Waals surface area contributed by atoms with Gasteiger partial charge in [0, 0.05) is 10.7 Å². The molecule has 0 aliphatic heterocycles. The van der Waals surface area contributed by atoms with Crippen LogP contribution in [0.3, 0.4) is 0 Å². The zero-order valence-electron chi connectivity index (χ0n) is 12.3. The molecule has 0 bridgehead atoms. The van der Waals surface area contributed by atoms with Gasteiger partial charge in [-0.2, -0.15) is 5.26 Å². The van der Waals surface area contributed by atoms with Crippen LogP contribution in [0.5, 0.6) is 0 Å². The third-order valence-electron chi connectivity index (χ3n) is 3.10. The van der Waals surface area contributed by atoms with Gasteiger partial charge in [-0.3, -0.25) is 4.79 Å². The van der Waals surface area contributed by atoms with Crippen LogP contribution in [-0.4, -0.2) is 18.5 Å². The second kappa shape index (κ2) is 7.43. The van der Waals surface area contributed by atoms with E-state index in [1.54, 1.807) is 37.3 Å². The van der Waals surface area contributed by atoms with Crippen molar-refractivity contribution in [3.63, 3.8) is 0 Å². The SMILES string of the molecule is Cc1c(Cl)cccc1NC(=O)COC(=O)c1cccc(C#N)c1. The molecule has 2 aromatic carbocycles. The number of nitrogens with zero attached hydrogens (tertiary/aromatic N) is 1. The van der Waals surface area contributed by atoms with Gasteiger partial charge in [0.05, 0.1) is 17.2 Å². The number of hydrogen-bond acceptors (Lipinski definition) is 4. The smallest absolute Gasteiger partial charge is 0.338 e. The molecule has 0 atom stereocenters. The summed E-state index contributed by atoms with van der Waals surface area (Å²) in [6, 6.07) is 13.1. The van der Waals surface area contributed by atoms with E-state index in [2.05, 4.69) is 5.32 Å². The first-order valence-corrected chi connectivity index (χ1v) is 7.11. The Morgan fingerprint density at radius 3 is 2.74 bits per heavy atom. The number of nitriles is 1. The molecule has 0 aromatic heterocycles. The van der Waals surface area contributed by atoms with Gasteiger partial charge in [-0.1, -0.05) is 23.7 Å². The van der Waals surface area contributed by atoms with Crippen LogP contribution >= 0.6 is 11.6 Å². The zero-order valence-corrected chi connectivity index (χ0v) is 13.1. The fraction of sp³-hybridized carbons (Fsp3) is 0.118. The third kappa shape index (κ3) is 4.31. The molecule has 0 spiro atoms. The van der Waals surface area contributed by atoms with Gasteiger partial charge in [0.15, 0.2) is 6.61 Å². The van der Waals surface area contributed by atoms with Gasteiger partial charge in [-0.05, 0) is 42.8 Å². The van der Waals surface area contributed by atoms with Crippen molar-refractivity contribution in [3.8, 4) is 6.07 Å². The molecule has 0 radical (unpaired) electrons. The number of carbonyl (C=O) groups is 2. The Kier molecular flexibility index (Phi) is 5.34. The third-order valence-corrected chi connectivity index (χ3v) is 3.51. The number of benzene rings is 2. The molecular weight excluding hydrogens is 316 g/mol.